The number of carbonyl (C=O) groups excluding carboxylic acids is 1. The molecule has 4 heteroatoms. The quantitative estimate of drug-likeness (QED) is 0.821. The zero-order valence-corrected chi connectivity index (χ0v) is 10.5. The molecule has 0 aliphatic rings. The summed E-state index contributed by atoms with van der Waals surface area (Å²) in [4.78, 5) is 12.1. The van der Waals surface area contributed by atoms with Crippen LogP contribution >= 0.6 is 0 Å². The Morgan fingerprint density at radius 2 is 1.94 bits per heavy atom. The van der Waals surface area contributed by atoms with Gasteiger partial charge in [-0.15, -0.1) is 0 Å². The van der Waals surface area contributed by atoms with E-state index in [0.29, 0.717) is 6.54 Å². The van der Waals surface area contributed by atoms with Gasteiger partial charge in [0.05, 0.1) is 11.1 Å². The molecule has 2 nitrogen and oxygen atoms in total. The predicted octanol–water partition coefficient (Wildman–Crippen LogP) is 2.84. The molecule has 0 radical (unpaired) electrons. The molecule has 0 saturated heterocycles. The van der Waals surface area contributed by atoms with Crippen LogP contribution in [0.5, 0.6) is 0 Å². The summed E-state index contributed by atoms with van der Waals surface area (Å²) in [7, 11) is 0. The standard InChI is InChI=1S/C13H17F2NO/c1-5-16-13(3,4)12(17)10-9(14)7-6-8(2)11(10)15/h6-7,16H,5H2,1-4H3. The summed E-state index contributed by atoms with van der Waals surface area (Å²) in [6.07, 6.45) is 0. The molecule has 1 aromatic carbocycles. The van der Waals surface area contributed by atoms with Crippen LogP contribution in [0.4, 0.5) is 8.78 Å². The van der Waals surface area contributed by atoms with E-state index >= 15 is 0 Å². The minimum atomic E-state index is -0.982. The number of rotatable bonds is 4. The van der Waals surface area contributed by atoms with Gasteiger partial charge in [-0.2, -0.15) is 0 Å². The number of ketones is 1. The second-order valence-electron chi connectivity index (χ2n) is 4.54. The van der Waals surface area contributed by atoms with Gasteiger partial charge in [0.25, 0.3) is 0 Å². The molecule has 0 atom stereocenters. The maximum absolute atomic E-state index is 13.8. The smallest absolute Gasteiger partial charge is 0.188 e. The molecule has 0 heterocycles. The minimum absolute atomic E-state index is 0.266. The van der Waals surface area contributed by atoms with Gasteiger partial charge in [0.2, 0.25) is 0 Å². The van der Waals surface area contributed by atoms with Gasteiger partial charge < -0.3 is 5.32 Å². The topological polar surface area (TPSA) is 29.1 Å². The van der Waals surface area contributed by atoms with Gasteiger partial charge >= 0.3 is 0 Å². The first-order chi connectivity index (χ1) is 7.81. The van der Waals surface area contributed by atoms with Crippen molar-refractivity contribution in [1.29, 1.82) is 0 Å². The van der Waals surface area contributed by atoms with Crippen LogP contribution in [0.25, 0.3) is 0 Å². The highest BCUT2D eigenvalue weighted by Crippen LogP contribution is 2.21. The molecule has 0 bridgehead atoms. The van der Waals surface area contributed by atoms with Crippen molar-refractivity contribution in [3.63, 3.8) is 0 Å². The zero-order chi connectivity index (χ0) is 13.2. The summed E-state index contributed by atoms with van der Waals surface area (Å²) in [5.41, 5.74) is -1.18. The van der Waals surface area contributed by atoms with Gasteiger partial charge in [0, 0.05) is 0 Å². The lowest BCUT2D eigenvalue weighted by Crippen LogP contribution is -2.47. The van der Waals surface area contributed by atoms with Crippen molar-refractivity contribution in [3.05, 3.63) is 34.9 Å². The summed E-state index contributed by atoms with van der Waals surface area (Å²) in [6.45, 7) is 7.11. The third-order valence-corrected chi connectivity index (χ3v) is 2.70. The van der Waals surface area contributed by atoms with E-state index in [1.165, 1.54) is 13.0 Å². The highest BCUT2D eigenvalue weighted by Gasteiger charge is 2.32. The zero-order valence-electron chi connectivity index (χ0n) is 10.5. The fraction of sp³-hybridized carbons (Fsp3) is 0.462. The van der Waals surface area contributed by atoms with Gasteiger partial charge in [-0.25, -0.2) is 8.78 Å². The van der Waals surface area contributed by atoms with Crippen molar-refractivity contribution in [3.8, 4) is 0 Å². The lowest BCUT2D eigenvalue weighted by atomic mass is 9.91. The maximum Gasteiger partial charge on any atom is 0.188 e. The van der Waals surface area contributed by atoms with Crippen LogP contribution in [0.3, 0.4) is 0 Å². The summed E-state index contributed by atoms with van der Waals surface area (Å²) in [6, 6.07) is 2.44. The van der Waals surface area contributed by atoms with E-state index in [9.17, 15) is 13.6 Å². The number of Topliss-reactive ketones (excluding diaryl/α,β-unsaturated/α-hetero) is 1. The fourth-order valence-corrected chi connectivity index (χ4v) is 1.70. The highest BCUT2D eigenvalue weighted by atomic mass is 19.1. The van der Waals surface area contributed by atoms with Crippen molar-refractivity contribution in [2.45, 2.75) is 33.2 Å². The number of carbonyl (C=O) groups is 1. The molecule has 0 fully saturated rings. The number of nitrogens with one attached hydrogen (secondary N) is 1. The first kappa shape index (κ1) is 13.8. The van der Waals surface area contributed by atoms with Gasteiger partial charge in [0.15, 0.2) is 5.78 Å². The fourth-order valence-electron chi connectivity index (χ4n) is 1.70. The van der Waals surface area contributed by atoms with Crippen LogP contribution in [0.15, 0.2) is 12.1 Å². The molecule has 1 aromatic rings. The molecule has 0 spiro atoms. The molecular formula is C13H17F2NO. The summed E-state index contributed by atoms with van der Waals surface area (Å²) in [5, 5.41) is 2.91. The van der Waals surface area contributed by atoms with Crippen molar-refractivity contribution in [1.82, 2.24) is 5.32 Å². The molecule has 94 valence electrons. The monoisotopic (exact) mass is 241 g/mol. The van der Waals surface area contributed by atoms with Crippen molar-refractivity contribution < 1.29 is 13.6 Å². The molecule has 0 aromatic heterocycles. The molecule has 0 saturated carbocycles. The van der Waals surface area contributed by atoms with E-state index < -0.39 is 28.5 Å². The van der Waals surface area contributed by atoms with Crippen molar-refractivity contribution in [2.24, 2.45) is 0 Å². The summed E-state index contributed by atoms with van der Waals surface area (Å²) >= 11 is 0. The van der Waals surface area contributed by atoms with Crippen molar-refractivity contribution in [2.75, 3.05) is 6.54 Å². The van der Waals surface area contributed by atoms with E-state index in [4.69, 9.17) is 0 Å². The van der Waals surface area contributed by atoms with Gasteiger partial charge in [-0.1, -0.05) is 13.0 Å². The van der Waals surface area contributed by atoms with Crippen molar-refractivity contribution >= 4 is 5.78 Å². The molecule has 0 aliphatic heterocycles. The van der Waals surface area contributed by atoms with E-state index in [0.717, 1.165) is 6.07 Å². The van der Waals surface area contributed by atoms with Crippen LogP contribution in [0.1, 0.15) is 36.7 Å². The third-order valence-electron chi connectivity index (χ3n) is 2.70. The number of hydrogen-bond acceptors (Lipinski definition) is 2. The Kier molecular flexibility index (Phi) is 3.98. The molecule has 17 heavy (non-hydrogen) atoms. The van der Waals surface area contributed by atoms with Gasteiger partial charge in [-0.05, 0) is 38.9 Å². The average Bonchev–Trinajstić information content (AvgIpc) is 2.24. The largest absolute Gasteiger partial charge is 0.305 e. The van der Waals surface area contributed by atoms with Crippen LogP contribution < -0.4 is 5.32 Å². The molecular weight excluding hydrogens is 224 g/mol. The molecule has 1 rings (SSSR count). The Morgan fingerprint density at radius 3 is 2.47 bits per heavy atom. The second kappa shape index (κ2) is 4.92. The van der Waals surface area contributed by atoms with Crippen LogP contribution in [0.2, 0.25) is 0 Å². The third kappa shape index (κ3) is 2.69. The Balaban J connectivity index is 3.26. The van der Waals surface area contributed by atoms with Crippen LogP contribution in [-0.4, -0.2) is 17.9 Å². The predicted molar refractivity (Wildman–Crippen MR) is 63.2 cm³/mol. The first-order valence-electron chi connectivity index (χ1n) is 5.55. The van der Waals surface area contributed by atoms with E-state index in [-0.39, 0.29) is 5.56 Å². The number of aryl methyl sites for hydroxylation is 1. The molecule has 0 unspecified atom stereocenters. The Bertz CT molecular complexity index is 441. The average molecular weight is 241 g/mol. The lowest BCUT2D eigenvalue weighted by molar-refractivity contribution is 0.0875. The minimum Gasteiger partial charge on any atom is -0.305 e. The maximum atomic E-state index is 13.8. The molecule has 0 aliphatic carbocycles. The Hall–Kier alpha value is -1.29. The van der Waals surface area contributed by atoms with Crippen LogP contribution in [-0.2, 0) is 0 Å². The van der Waals surface area contributed by atoms with E-state index in [2.05, 4.69) is 5.32 Å². The number of likely N-dealkylation sites (N-methyl/N-ethyl adjacent to an activating group) is 1. The summed E-state index contributed by atoms with van der Waals surface area (Å²) < 4.78 is 27.4. The first-order valence-corrected chi connectivity index (χ1v) is 5.55. The number of hydrogen-bond donors (Lipinski definition) is 1. The number of halogens is 2. The van der Waals surface area contributed by atoms with E-state index in [1.54, 1.807) is 13.8 Å². The van der Waals surface area contributed by atoms with E-state index in [1.807, 2.05) is 6.92 Å². The molecule has 1 N–H and O–H groups in total. The summed E-state index contributed by atoms with van der Waals surface area (Å²) in [5.74, 6) is -2.16. The highest BCUT2D eigenvalue weighted by molar-refractivity contribution is 6.03. The Morgan fingerprint density at radius 1 is 1.35 bits per heavy atom. The second-order valence-corrected chi connectivity index (χ2v) is 4.54. The number of benzene rings is 1. The lowest BCUT2D eigenvalue weighted by Gasteiger charge is -2.24. The Labute approximate surface area is 100 Å². The normalized spacial score (nSPS) is 11.6. The van der Waals surface area contributed by atoms with Gasteiger partial charge in [0.1, 0.15) is 11.6 Å². The van der Waals surface area contributed by atoms with Gasteiger partial charge in [-0.3, -0.25) is 4.79 Å². The molecule has 0 amide bonds. The van der Waals surface area contributed by atoms with Crippen LogP contribution in [0, 0.1) is 18.6 Å². The SMILES string of the molecule is CCNC(C)(C)C(=O)c1c(F)ccc(C)c1F.